The minimum Gasteiger partial charge on any atom is -0.339 e. The Kier molecular flexibility index (Phi) is 7.88. The summed E-state index contributed by atoms with van der Waals surface area (Å²) in [4.78, 5) is 37.2. The van der Waals surface area contributed by atoms with Crippen LogP contribution in [0, 0.1) is 10.8 Å². The molecule has 6 rings (SSSR count). The van der Waals surface area contributed by atoms with E-state index in [0.29, 0.717) is 17.6 Å². The van der Waals surface area contributed by atoms with Gasteiger partial charge >= 0.3 is 0 Å². The van der Waals surface area contributed by atoms with Crippen LogP contribution in [0.2, 0.25) is 0 Å². The summed E-state index contributed by atoms with van der Waals surface area (Å²) in [5.41, 5.74) is 5.56. The lowest BCUT2D eigenvalue weighted by Gasteiger charge is -2.46. The van der Waals surface area contributed by atoms with Crippen molar-refractivity contribution < 1.29 is 9.59 Å². The first-order valence-corrected chi connectivity index (χ1v) is 15.5. The van der Waals surface area contributed by atoms with Crippen LogP contribution in [0.5, 0.6) is 0 Å². The van der Waals surface area contributed by atoms with Gasteiger partial charge in [-0.25, -0.2) is 4.98 Å². The highest BCUT2D eigenvalue weighted by atomic mass is 16.2. The van der Waals surface area contributed by atoms with Crippen molar-refractivity contribution in [3.8, 4) is 11.3 Å². The van der Waals surface area contributed by atoms with Crippen molar-refractivity contribution in [1.82, 2.24) is 24.8 Å². The van der Waals surface area contributed by atoms with Crippen LogP contribution < -0.4 is 10.6 Å². The van der Waals surface area contributed by atoms with E-state index < -0.39 is 0 Å². The Balaban J connectivity index is 1.26. The number of hydrogen-bond acceptors (Lipinski definition) is 5. The maximum Gasteiger partial charge on any atom is 0.259 e. The van der Waals surface area contributed by atoms with Gasteiger partial charge in [-0.05, 0) is 72.9 Å². The third-order valence-corrected chi connectivity index (χ3v) is 9.61. The number of fused-ring (bicyclic) bond motifs is 1. The molecule has 2 fully saturated rings. The summed E-state index contributed by atoms with van der Waals surface area (Å²) < 4.78 is 2.19. The molecule has 2 N–H and O–H groups in total. The second-order valence-corrected chi connectivity index (χ2v) is 13.6. The van der Waals surface area contributed by atoms with Crippen molar-refractivity contribution in [2.45, 2.75) is 65.6 Å². The number of benzene rings is 2. The number of anilines is 1. The maximum absolute atomic E-state index is 13.5. The molecule has 1 saturated heterocycles. The number of likely N-dealkylation sites (tertiary alicyclic amines) is 1. The number of carbonyl (C=O) groups is 2. The van der Waals surface area contributed by atoms with E-state index in [9.17, 15) is 9.59 Å². The van der Waals surface area contributed by atoms with Crippen LogP contribution in [0.3, 0.4) is 0 Å². The summed E-state index contributed by atoms with van der Waals surface area (Å²) in [7, 11) is 0. The average Bonchev–Trinajstić information content (AvgIpc) is 3.60. The van der Waals surface area contributed by atoms with Crippen LogP contribution in [0.4, 0.5) is 5.95 Å². The van der Waals surface area contributed by atoms with Gasteiger partial charge in [0.25, 0.3) is 5.91 Å². The molecule has 1 spiro atoms. The van der Waals surface area contributed by atoms with E-state index in [-0.39, 0.29) is 28.7 Å². The van der Waals surface area contributed by atoms with Crippen molar-refractivity contribution in [2.75, 3.05) is 18.4 Å². The fourth-order valence-corrected chi connectivity index (χ4v) is 6.48. The van der Waals surface area contributed by atoms with E-state index in [1.54, 1.807) is 12.3 Å². The smallest absolute Gasteiger partial charge is 0.259 e. The second kappa shape index (κ2) is 11.7. The number of pyridine rings is 1. The molecule has 228 valence electrons. The van der Waals surface area contributed by atoms with E-state index >= 15 is 0 Å². The van der Waals surface area contributed by atoms with Gasteiger partial charge in [-0.3, -0.25) is 19.9 Å². The zero-order valence-corrected chi connectivity index (χ0v) is 26.1. The largest absolute Gasteiger partial charge is 0.339 e. The molecular formula is C36H42N6O2. The van der Waals surface area contributed by atoms with Crippen LogP contribution in [0.25, 0.3) is 22.3 Å². The quantitative estimate of drug-likeness (QED) is 0.225. The Morgan fingerprint density at radius 1 is 1.11 bits per heavy atom. The Morgan fingerprint density at radius 2 is 1.89 bits per heavy atom. The van der Waals surface area contributed by atoms with Gasteiger partial charge in [0.2, 0.25) is 11.9 Å². The van der Waals surface area contributed by atoms with Gasteiger partial charge in [0, 0.05) is 43.5 Å². The number of amides is 2. The van der Waals surface area contributed by atoms with Gasteiger partial charge in [0.1, 0.15) is 0 Å². The van der Waals surface area contributed by atoms with Crippen LogP contribution >= 0.6 is 0 Å². The predicted molar refractivity (Wildman–Crippen MR) is 175 cm³/mol. The number of rotatable bonds is 8. The summed E-state index contributed by atoms with van der Waals surface area (Å²) in [6.45, 7) is 14.8. The molecule has 2 amide bonds. The van der Waals surface area contributed by atoms with Crippen LogP contribution in [0.1, 0.15) is 68.9 Å². The molecule has 0 bridgehead atoms. The summed E-state index contributed by atoms with van der Waals surface area (Å²) >= 11 is 0. The minimum atomic E-state index is -0.243. The maximum atomic E-state index is 13.5. The Labute approximate surface area is 259 Å². The SMILES string of the molecule is C=CC(=O)N1CCC2(CC(n3c(NC(=O)c4ccc(-c5ccccc5)nc4)nc4cc(CN[C@@H](C)C(C)(C)C)ccc43)C2)C1. The van der Waals surface area contributed by atoms with E-state index in [1.165, 1.54) is 6.08 Å². The lowest BCUT2D eigenvalue weighted by Crippen LogP contribution is -2.42. The summed E-state index contributed by atoms with van der Waals surface area (Å²) in [6.07, 6.45) is 5.87. The third-order valence-electron chi connectivity index (χ3n) is 9.61. The summed E-state index contributed by atoms with van der Waals surface area (Å²) in [6, 6.07) is 20.5. The van der Waals surface area contributed by atoms with Gasteiger partial charge in [0.05, 0.1) is 22.3 Å². The van der Waals surface area contributed by atoms with E-state index in [4.69, 9.17) is 4.98 Å². The van der Waals surface area contributed by atoms with E-state index in [2.05, 4.69) is 72.7 Å². The second-order valence-electron chi connectivity index (χ2n) is 13.6. The van der Waals surface area contributed by atoms with E-state index in [1.807, 2.05) is 41.3 Å². The molecule has 8 nitrogen and oxygen atoms in total. The van der Waals surface area contributed by atoms with E-state index in [0.717, 1.165) is 66.8 Å². The van der Waals surface area contributed by atoms with Crippen molar-refractivity contribution >= 4 is 28.8 Å². The van der Waals surface area contributed by atoms with Crippen molar-refractivity contribution in [3.05, 3.63) is 90.6 Å². The zero-order valence-electron chi connectivity index (χ0n) is 26.1. The molecule has 2 aromatic carbocycles. The fraction of sp³-hybridized carbons (Fsp3) is 0.389. The molecule has 1 saturated carbocycles. The number of hydrogen-bond donors (Lipinski definition) is 2. The molecule has 1 aliphatic carbocycles. The monoisotopic (exact) mass is 590 g/mol. The van der Waals surface area contributed by atoms with Crippen LogP contribution in [-0.2, 0) is 11.3 Å². The predicted octanol–water partition coefficient (Wildman–Crippen LogP) is 6.61. The number of nitrogens with one attached hydrogen (secondary N) is 2. The number of aromatic nitrogens is 3. The highest BCUT2D eigenvalue weighted by Crippen LogP contribution is 2.55. The highest BCUT2D eigenvalue weighted by Gasteiger charge is 2.50. The molecule has 1 atom stereocenters. The normalized spacial score (nSPS) is 20.5. The molecule has 2 aromatic heterocycles. The minimum absolute atomic E-state index is 0.000156. The van der Waals surface area contributed by atoms with Crippen molar-refractivity contribution in [1.29, 1.82) is 0 Å². The molecule has 8 heteroatoms. The molecular weight excluding hydrogens is 548 g/mol. The number of nitrogens with zero attached hydrogens (tertiary/aromatic N) is 4. The van der Waals surface area contributed by atoms with Crippen LogP contribution in [-0.4, -0.2) is 50.4 Å². The number of imidazole rings is 1. The third kappa shape index (κ3) is 5.91. The standard InChI is InChI=1S/C36H42N6O2/c1-6-32(43)41-17-16-36(23-41)19-28(20-36)42-31-15-12-25(21-37-24(2)35(3,4)5)18-30(31)39-34(42)40-33(44)27-13-14-29(38-22-27)26-10-8-7-9-11-26/h6-15,18,22,24,28,37H,1,16-17,19-21,23H2,2-5H3,(H,39,40,44)/t24-,28?,36?/m0/s1. The molecule has 2 aliphatic rings. The lowest BCUT2D eigenvalue weighted by atomic mass is 9.64. The molecule has 1 aliphatic heterocycles. The number of carbonyl (C=O) groups excluding carboxylic acids is 2. The van der Waals surface area contributed by atoms with Crippen molar-refractivity contribution in [3.63, 3.8) is 0 Å². The molecule has 4 aromatic rings. The van der Waals surface area contributed by atoms with Gasteiger partial charge in [0.15, 0.2) is 0 Å². The first-order chi connectivity index (χ1) is 21.0. The lowest BCUT2D eigenvalue weighted by molar-refractivity contribution is -0.125. The first-order valence-electron chi connectivity index (χ1n) is 15.5. The summed E-state index contributed by atoms with van der Waals surface area (Å²) in [5, 5.41) is 6.75. The Bertz CT molecular complexity index is 1680. The zero-order chi connectivity index (χ0) is 31.1. The Morgan fingerprint density at radius 3 is 2.57 bits per heavy atom. The molecule has 3 heterocycles. The molecule has 44 heavy (non-hydrogen) atoms. The molecule has 0 radical (unpaired) electrons. The summed E-state index contributed by atoms with van der Waals surface area (Å²) in [5.74, 6) is 0.301. The topological polar surface area (TPSA) is 92.2 Å². The van der Waals surface area contributed by atoms with Gasteiger partial charge in [-0.1, -0.05) is 63.7 Å². The average molecular weight is 591 g/mol. The fourth-order valence-electron chi connectivity index (χ4n) is 6.48. The first kappa shape index (κ1) is 29.8. The molecule has 0 unspecified atom stereocenters. The van der Waals surface area contributed by atoms with Gasteiger partial charge in [-0.15, -0.1) is 0 Å². The van der Waals surface area contributed by atoms with Crippen LogP contribution in [0.15, 0.2) is 79.5 Å². The Hall–Kier alpha value is -4.30. The van der Waals surface area contributed by atoms with Gasteiger partial charge in [-0.2, -0.15) is 0 Å². The van der Waals surface area contributed by atoms with Crippen molar-refractivity contribution in [2.24, 2.45) is 10.8 Å². The highest BCUT2D eigenvalue weighted by molar-refractivity contribution is 6.04. The van der Waals surface area contributed by atoms with Gasteiger partial charge < -0.3 is 14.8 Å².